The van der Waals surface area contributed by atoms with Gasteiger partial charge in [-0.15, -0.1) is 0 Å². The molecule has 0 aliphatic rings. The van der Waals surface area contributed by atoms with E-state index >= 15 is 0 Å². The molecule has 4 aromatic rings. The fraction of sp³-hybridized carbons (Fsp3) is 0.381. The highest BCUT2D eigenvalue weighted by atomic mass is 16.5. The van der Waals surface area contributed by atoms with Crippen LogP contribution in [0.3, 0.4) is 0 Å². The van der Waals surface area contributed by atoms with E-state index in [2.05, 4.69) is 0 Å². The zero-order valence-electron chi connectivity index (χ0n) is 17.4. The van der Waals surface area contributed by atoms with Crippen molar-refractivity contribution in [3.63, 3.8) is 0 Å². The van der Waals surface area contributed by atoms with E-state index < -0.39 is 0 Å². The minimum atomic E-state index is -0.341. The van der Waals surface area contributed by atoms with Gasteiger partial charge in [-0.3, -0.25) is 22.9 Å². The number of imidazole rings is 2. The summed E-state index contributed by atoms with van der Waals surface area (Å²) >= 11 is 0. The van der Waals surface area contributed by atoms with Crippen LogP contribution in [0.5, 0.6) is 5.75 Å². The maximum absolute atomic E-state index is 13.2. The molecule has 0 fully saturated rings. The summed E-state index contributed by atoms with van der Waals surface area (Å²) in [5.74, 6) is 1.41. The first-order valence-electron chi connectivity index (χ1n) is 9.83. The summed E-state index contributed by atoms with van der Waals surface area (Å²) in [6, 6.07) is 7.75. The Labute approximate surface area is 167 Å². The molecule has 0 unspecified atom stereocenters. The molecule has 3 aromatic heterocycles. The molecule has 0 saturated heterocycles. The van der Waals surface area contributed by atoms with Gasteiger partial charge in [0, 0.05) is 30.7 Å². The summed E-state index contributed by atoms with van der Waals surface area (Å²) in [6.45, 7) is 8.84. The average molecular weight is 395 g/mol. The Hall–Kier alpha value is -3.29. The lowest BCUT2D eigenvalue weighted by atomic mass is 10.3. The second-order valence-electron chi connectivity index (χ2n) is 7.15. The number of nitrogens with zero attached hydrogens (tertiary/aromatic N) is 5. The van der Waals surface area contributed by atoms with E-state index in [1.807, 2.05) is 60.9 Å². The van der Waals surface area contributed by atoms with Gasteiger partial charge in [-0.1, -0.05) is 6.92 Å². The van der Waals surface area contributed by atoms with Gasteiger partial charge in [-0.05, 0) is 51.5 Å². The van der Waals surface area contributed by atoms with E-state index in [0.717, 1.165) is 22.8 Å². The lowest BCUT2D eigenvalue weighted by molar-refractivity contribution is 0.340. The maximum atomic E-state index is 13.2. The van der Waals surface area contributed by atoms with Gasteiger partial charge in [0.25, 0.3) is 5.56 Å². The van der Waals surface area contributed by atoms with Crippen molar-refractivity contribution < 1.29 is 4.74 Å². The third-order valence-electron chi connectivity index (χ3n) is 5.37. The normalized spacial score (nSPS) is 11.6. The molecular formula is C21H25N5O3. The van der Waals surface area contributed by atoms with Crippen molar-refractivity contribution in [2.45, 2.75) is 40.7 Å². The first-order valence-corrected chi connectivity index (χ1v) is 9.83. The highest BCUT2D eigenvalue weighted by Gasteiger charge is 2.23. The van der Waals surface area contributed by atoms with Gasteiger partial charge >= 0.3 is 5.69 Å². The summed E-state index contributed by atoms with van der Waals surface area (Å²) in [6.07, 6.45) is 0.702. The van der Waals surface area contributed by atoms with E-state index in [0.29, 0.717) is 36.5 Å². The molecule has 0 bridgehead atoms. The van der Waals surface area contributed by atoms with Crippen molar-refractivity contribution in [1.82, 2.24) is 23.1 Å². The number of fused-ring (bicyclic) bond motifs is 3. The Morgan fingerprint density at radius 2 is 1.72 bits per heavy atom. The Kier molecular flexibility index (Phi) is 4.56. The fourth-order valence-corrected chi connectivity index (χ4v) is 3.84. The van der Waals surface area contributed by atoms with Gasteiger partial charge < -0.3 is 4.74 Å². The van der Waals surface area contributed by atoms with Crippen molar-refractivity contribution >= 4 is 16.9 Å². The van der Waals surface area contributed by atoms with Crippen molar-refractivity contribution in [3.8, 4) is 11.4 Å². The van der Waals surface area contributed by atoms with Crippen LogP contribution in [0.25, 0.3) is 22.6 Å². The van der Waals surface area contributed by atoms with Crippen LogP contribution in [0.1, 0.15) is 31.7 Å². The topological polar surface area (TPSA) is 75.5 Å². The third kappa shape index (κ3) is 2.70. The molecule has 152 valence electrons. The van der Waals surface area contributed by atoms with E-state index in [-0.39, 0.29) is 11.2 Å². The third-order valence-corrected chi connectivity index (χ3v) is 5.37. The zero-order chi connectivity index (χ0) is 20.9. The highest BCUT2D eigenvalue weighted by molar-refractivity contribution is 5.77. The van der Waals surface area contributed by atoms with Crippen LogP contribution in [-0.2, 0) is 13.6 Å². The standard InChI is InChI=1S/C21H25N5O3/c1-6-12-24-19(27)17-18(23(5)21(24)28)22-20-25(13(3)14(4)26(17)20)15-8-10-16(11-9-15)29-7-2/h8-11H,6-7,12H2,1-5H3. The number of hydrogen-bond acceptors (Lipinski definition) is 4. The highest BCUT2D eigenvalue weighted by Crippen LogP contribution is 2.25. The minimum Gasteiger partial charge on any atom is -0.494 e. The summed E-state index contributed by atoms with van der Waals surface area (Å²) < 4.78 is 12.1. The molecule has 1 aromatic carbocycles. The van der Waals surface area contributed by atoms with Crippen LogP contribution in [-0.4, -0.2) is 29.7 Å². The molecule has 0 amide bonds. The first kappa shape index (κ1) is 19.0. The number of aryl methyl sites for hydroxylation is 2. The summed E-state index contributed by atoms with van der Waals surface area (Å²) in [4.78, 5) is 30.5. The van der Waals surface area contributed by atoms with Crippen molar-refractivity contribution in [3.05, 3.63) is 56.5 Å². The van der Waals surface area contributed by atoms with Crippen LogP contribution >= 0.6 is 0 Å². The Bertz CT molecular complexity index is 1340. The van der Waals surface area contributed by atoms with Crippen molar-refractivity contribution in [2.75, 3.05) is 6.61 Å². The van der Waals surface area contributed by atoms with Gasteiger partial charge in [-0.25, -0.2) is 4.79 Å². The van der Waals surface area contributed by atoms with E-state index in [1.54, 1.807) is 7.05 Å². The lowest BCUT2D eigenvalue weighted by Gasteiger charge is -2.08. The molecule has 0 aliphatic carbocycles. The summed E-state index contributed by atoms with van der Waals surface area (Å²) in [7, 11) is 1.66. The lowest BCUT2D eigenvalue weighted by Crippen LogP contribution is -2.39. The Morgan fingerprint density at radius 1 is 1.03 bits per heavy atom. The van der Waals surface area contributed by atoms with Crippen molar-refractivity contribution in [1.29, 1.82) is 0 Å². The Balaban J connectivity index is 2.07. The molecule has 8 heteroatoms. The van der Waals surface area contributed by atoms with Crippen LogP contribution in [0, 0.1) is 13.8 Å². The molecule has 0 spiro atoms. The van der Waals surface area contributed by atoms with E-state index in [4.69, 9.17) is 9.72 Å². The minimum absolute atomic E-state index is 0.301. The van der Waals surface area contributed by atoms with Crippen LogP contribution in [0.4, 0.5) is 0 Å². The molecular weight excluding hydrogens is 370 g/mol. The van der Waals surface area contributed by atoms with Crippen LogP contribution < -0.4 is 16.0 Å². The SMILES string of the molecule is CCCn1c(=O)c2c(nc3n(-c4ccc(OCC)cc4)c(C)c(C)n23)n(C)c1=O. The van der Waals surface area contributed by atoms with Crippen LogP contribution in [0.2, 0.25) is 0 Å². The second kappa shape index (κ2) is 6.95. The summed E-state index contributed by atoms with van der Waals surface area (Å²) in [5, 5.41) is 0. The molecule has 0 saturated carbocycles. The second-order valence-corrected chi connectivity index (χ2v) is 7.15. The van der Waals surface area contributed by atoms with Gasteiger partial charge in [0.05, 0.1) is 6.61 Å². The van der Waals surface area contributed by atoms with E-state index in [9.17, 15) is 9.59 Å². The molecule has 0 radical (unpaired) electrons. The predicted octanol–water partition coefficient (Wildman–Crippen LogP) is 2.56. The quantitative estimate of drug-likeness (QED) is 0.520. The molecule has 0 atom stereocenters. The molecule has 29 heavy (non-hydrogen) atoms. The zero-order valence-corrected chi connectivity index (χ0v) is 17.4. The monoisotopic (exact) mass is 395 g/mol. The smallest absolute Gasteiger partial charge is 0.332 e. The van der Waals surface area contributed by atoms with E-state index in [1.165, 1.54) is 9.13 Å². The number of benzene rings is 1. The number of hydrogen-bond donors (Lipinski definition) is 0. The largest absolute Gasteiger partial charge is 0.494 e. The van der Waals surface area contributed by atoms with Gasteiger partial charge in [0.2, 0.25) is 5.78 Å². The Morgan fingerprint density at radius 3 is 2.34 bits per heavy atom. The maximum Gasteiger partial charge on any atom is 0.332 e. The predicted molar refractivity (Wildman–Crippen MR) is 112 cm³/mol. The molecule has 0 aliphatic heterocycles. The van der Waals surface area contributed by atoms with Gasteiger partial charge in [0.1, 0.15) is 5.75 Å². The first-order chi connectivity index (χ1) is 13.9. The molecule has 0 N–H and O–H groups in total. The van der Waals surface area contributed by atoms with Crippen molar-refractivity contribution in [2.24, 2.45) is 7.05 Å². The summed E-state index contributed by atoms with van der Waals surface area (Å²) in [5.41, 5.74) is 2.99. The van der Waals surface area contributed by atoms with Gasteiger partial charge in [-0.2, -0.15) is 4.98 Å². The number of aromatic nitrogens is 5. The fourth-order valence-electron chi connectivity index (χ4n) is 3.84. The van der Waals surface area contributed by atoms with Gasteiger partial charge in [0.15, 0.2) is 11.2 Å². The molecule has 3 heterocycles. The molecule has 8 nitrogen and oxygen atoms in total. The number of ether oxygens (including phenoxy) is 1. The number of rotatable bonds is 5. The van der Waals surface area contributed by atoms with Crippen LogP contribution in [0.15, 0.2) is 33.9 Å². The average Bonchev–Trinajstić information content (AvgIpc) is 3.21. The molecule has 4 rings (SSSR count).